The van der Waals surface area contributed by atoms with Gasteiger partial charge in [-0.3, -0.25) is 0 Å². The normalized spacial score (nSPS) is 11.3. The molecule has 0 saturated carbocycles. The molecule has 0 bridgehead atoms. The Hall–Kier alpha value is -2.05. The van der Waals surface area contributed by atoms with Gasteiger partial charge in [0.15, 0.2) is 0 Å². The molecular formula is C17H12ClNO2Se. The predicted molar refractivity (Wildman–Crippen MR) is 88.7 cm³/mol. The number of allylic oxidation sites excluding steroid dienone is 1. The number of nitriles is 1. The average molecular weight is 377 g/mol. The molecular weight excluding hydrogens is 365 g/mol. The summed E-state index contributed by atoms with van der Waals surface area (Å²) in [7, 11) is 1.59. The molecule has 22 heavy (non-hydrogen) atoms. The number of ether oxygens (including phenoxy) is 1. The summed E-state index contributed by atoms with van der Waals surface area (Å²) in [6.45, 7) is 0. The first-order valence-corrected chi connectivity index (χ1v) is 8.44. The van der Waals surface area contributed by atoms with E-state index in [0.717, 1.165) is 21.9 Å². The van der Waals surface area contributed by atoms with Crippen molar-refractivity contribution in [3.8, 4) is 10.7 Å². The van der Waals surface area contributed by atoms with Gasteiger partial charge in [0.25, 0.3) is 0 Å². The van der Waals surface area contributed by atoms with Crippen molar-refractivity contribution in [2.24, 2.45) is 0 Å². The molecule has 0 aliphatic heterocycles. The SMILES string of the molecule is COc1ccc(/C(C=O)=C(/[Se]C#N)c2ccc(Cl)cc2)cc1. The minimum atomic E-state index is -0.468. The topological polar surface area (TPSA) is 50.1 Å². The number of carbonyl (C=O) groups excluding carboxylic acids is 1. The summed E-state index contributed by atoms with van der Waals surface area (Å²) < 4.78 is 5.86. The number of methoxy groups -OCH3 is 1. The van der Waals surface area contributed by atoms with Gasteiger partial charge in [-0.05, 0) is 0 Å². The number of rotatable bonds is 5. The Morgan fingerprint density at radius 3 is 2.23 bits per heavy atom. The zero-order valence-electron chi connectivity index (χ0n) is 11.7. The summed E-state index contributed by atoms with van der Waals surface area (Å²) >= 11 is 5.43. The van der Waals surface area contributed by atoms with Crippen LogP contribution in [0.1, 0.15) is 11.1 Å². The first-order chi connectivity index (χ1) is 10.7. The van der Waals surface area contributed by atoms with Crippen molar-refractivity contribution in [1.29, 1.82) is 5.26 Å². The van der Waals surface area contributed by atoms with Crippen LogP contribution in [0.3, 0.4) is 0 Å². The third-order valence-corrected chi connectivity index (χ3v) is 4.85. The van der Waals surface area contributed by atoms with Gasteiger partial charge in [-0.25, -0.2) is 0 Å². The van der Waals surface area contributed by atoms with Crippen LogP contribution in [0.4, 0.5) is 0 Å². The molecule has 5 heteroatoms. The molecule has 2 aromatic carbocycles. The van der Waals surface area contributed by atoms with E-state index in [0.29, 0.717) is 16.3 Å². The van der Waals surface area contributed by atoms with Crippen molar-refractivity contribution in [2.45, 2.75) is 0 Å². The fourth-order valence-corrected chi connectivity index (χ4v) is 3.37. The van der Waals surface area contributed by atoms with Crippen LogP contribution in [0.25, 0.3) is 10.0 Å². The van der Waals surface area contributed by atoms with Gasteiger partial charge < -0.3 is 0 Å². The summed E-state index contributed by atoms with van der Waals surface area (Å²) in [5.41, 5.74) is 2.12. The quantitative estimate of drug-likeness (QED) is 0.347. The summed E-state index contributed by atoms with van der Waals surface area (Å²) in [4.78, 5) is 13.8. The molecule has 0 fully saturated rings. The first-order valence-electron chi connectivity index (χ1n) is 6.35. The van der Waals surface area contributed by atoms with Gasteiger partial charge in [0.05, 0.1) is 0 Å². The summed E-state index contributed by atoms with van der Waals surface area (Å²) in [6.07, 6.45) is 0.796. The molecule has 0 saturated heterocycles. The van der Waals surface area contributed by atoms with Crippen molar-refractivity contribution in [3.63, 3.8) is 0 Å². The van der Waals surface area contributed by atoms with E-state index in [1.807, 2.05) is 24.3 Å². The van der Waals surface area contributed by atoms with Gasteiger partial charge >= 0.3 is 140 Å². The Kier molecular flexibility index (Phi) is 5.80. The monoisotopic (exact) mass is 377 g/mol. The summed E-state index contributed by atoms with van der Waals surface area (Å²) in [5.74, 6) is 0.716. The fourth-order valence-electron chi connectivity index (χ4n) is 1.94. The number of hydrogen-bond acceptors (Lipinski definition) is 3. The van der Waals surface area contributed by atoms with Gasteiger partial charge in [-0.15, -0.1) is 0 Å². The summed E-state index contributed by atoms with van der Waals surface area (Å²) in [5, 5.41) is 9.72. The molecule has 0 radical (unpaired) electrons. The number of carbonyl (C=O) groups is 1. The maximum atomic E-state index is 11.6. The van der Waals surface area contributed by atoms with Crippen LogP contribution >= 0.6 is 11.6 Å². The molecule has 0 aromatic heterocycles. The van der Waals surface area contributed by atoms with E-state index in [4.69, 9.17) is 21.6 Å². The predicted octanol–water partition coefficient (Wildman–Crippen LogP) is 3.60. The minimum absolute atomic E-state index is 0.468. The van der Waals surface area contributed by atoms with E-state index in [9.17, 15) is 4.79 Å². The number of nitrogens with zero attached hydrogens (tertiary/aromatic N) is 1. The molecule has 0 aliphatic carbocycles. The standard InChI is InChI=1S/C17H12ClNO2Se/c1-21-15-8-4-12(5-9-15)16(10-20)17(22-11-19)13-2-6-14(18)7-3-13/h2-10H,1H3/b17-16+. The Morgan fingerprint density at radius 2 is 1.73 bits per heavy atom. The van der Waals surface area contributed by atoms with E-state index in [1.165, 1.54) is 0 Å². The molecule has 0 N–H and O–H groups in total. The van der Waals surface area contributed by atoms with E-state index in [2.05, 4.69) is 4.97 Å². The van der Waals surface area contributed by atoms with E-state index in [1.54, 1.807) is 31.4 Å². The summed E-state index contributed by atoms with van der Waals surface area (Å²) in [6, 6.07) is 14.3. The van der Waals surface area contributed by atoms with Gasteiger partial charge in [-0.2, -0.15) is 0 Å². The number of hydrogen-bond donors (Lipinski definition) is 0. The van der Waals surface area contributed by atoms with Crippen LogP contribution in [0.5, 0.6) is 5.75 Å². The molecule has 0 heterocycles. The van der Waals surface area contributed by atoms with Crippen LogP contribution in [-0.4, -0.2) is 28.4 Å². The van der Waals surface area contributed by atoms with E-state index in [-0.39, 0.29) is 0 Å². The Balaban J connectivity index is 2.56. The molecule has 3 nitrogen and oxygen atoms in total. The van der Waals surface area contributed by atoms with Crippen LogP contribution < -0.4 is 4.74 Å². The molecule has 110 valence electrons. The van der Waals surface area contributed by atoms with Gasteiger partial charge in [-0.1, -0.05) is 0 Å². The third kappa shape index (κ3) is 3.78. The zero-order valence-corrected chi connectivity index (χ0v) is 14.2. The van der Waals surface area contributed by atoms with Gasteiger partial charge in [0.2, 0.25) is 0 Å². The molecule has 0 aliphatic rings. The van der Waals surface area contributed by atoms with Crippen molar-refractivity contribution in [3.05, 3.63) is 64.7 Å². The molecule has 2 aromatic rings. The fraction of sp³-hybridized carbons (Fsp3) is 0.0588. The maximum absolute atomic E-state index is 11.6. The second-order valence-electron chi connectivity index (χ2n) is 4.29. The second kappa shape index (κ2) is 7.82. The van der Waals surface area contributed by atoms with Crippen molar-refractivity contribution in [2.75, 3.05) is 7.11 Å². The van der Waals surface area contributed by atoms with Crippen LogP contribution in [0.2, 0.25) is 5.02 Å². The van der Waals surface area contributed by atoms with Gasteiger partial charge in [0.1, 0.15) is 0 Å². The zero-order chi connectivity index (χ0) is 15.9. The van der Waals surface area contributed by atoms with Crippen molar-refractivity contribution >= 4 is 42.9 Å². The Bertz CT molecular complexity index is 731. The van der Waals surface area contributed by atoms with Crippen LogP contribution in [0.15, 0.2) is 48.5 Å². The second-order valence-corrected chi connectivity index (χ2v) is 6.39. The van der Waals surface area contributed by atoms with Crippen molar-refractivity contribution in [1.82, 2.24) is 0 Å². The third-order valence-electron chi connectivity index (χ3n) is 3.02. The average Bonchev–Trinajstić information content (AvgIpc) is 2.56. The number of halogens is 1. The van der Waals surface area contributed by atoms with Crippen molar-refractivity contribution < 1.29 is 9.53 Å². The van der Waals surface area contributed by atoms with E-state index < -0.39 is 15.0 Å². The molecule has 0 amide bonds. The number of benzene rings is 2. The van der Waals surface area contributed by atoms with Gasteiger partial charge in [0, 0.05) is 0 Å². The molecule has 0 unspecified atom stereocenters. The molecule has 0 atom stereocenters. The molecule has 2 rings (SSSR count). The van der Waals surface area contributed by atoms with E-state index >= 15 is 0 Å². The number of aldehydes is 1. The Labute approximate surface area is 140 Å². The molecule has 0 spiro atoms. The van der Waals surface area contributed by atoms with Crippen LogP contribution in [-0.2, 0) is 4.79 Å². The van der Waals surface area contributed by atoms with Crippen LogP contribution in [0, 0.1) is 10.2 Å². The first kappa shape index (κ1) is 16.3. The Morgan fingerprint density at radius 1 is 1.14 bits per heavy atom.